The third-order valence-electron chi connectivity index (χ3n) is 6.84. The zero-order valence-corrected chi connectivity index (χ0v) is 28.8. The minimum absolute atomic E-state index is 0.0342. The van der Waals surface area contributed by atoms with E-state index < -0.39 is 34.0 Å². The van der Waals surface area contributed by atoms with Crippen molar-refractivity contribution in [3.05, 3.63) is 82.1 Å². The van der Waals surface area contributed by atoms with E-state index in [0.717, 1.165) is 0 Å². The molecule has 1 aliphatic heterocycles. The van der Waals surface area contributed by atoms with Gasteiger partial charge in [0, 0.05) is 37.4 Å². The molecule has 1 aromatic heterocycles. The molecule has 0 radical (unpaired) electrons. The fourth-order valence-corrected chi connectivity index (χ4v) is 6.40. The van der Waals surface area contributed by atoms with Crippen LogP contribution in [0.1, 0.15) is 33.7 Å². The Labute approximate surface area is 294 Å². The molecule has 1 saturated heterocycles. The van der Waals surface area contributed by atoms with Gasteiger partial charge in [-0.3, -0.25) is 19.5 Å². The number of rotatable bonds is 10. The number of aliphatic carboxylic acids is 1. The highest BCUT2D eigenvalue weighted by Crippen LogP contribution is 2.26. The standard InChI is InChI=1S/C28H31Cl2N7O5S.C2HF3O2/c1-36(2)14-4-7-24(38)32-18-8-10-20(11-9-18)43(41,42)37-15-12-19(13-16-37)33-28(40)26-23(17-31-35-26)34-27(39)25-21(29)5-3-6-22(25)30;3-2(4,5)1(6)7/h3-11,17,19H,12-16H2,1-2H3,(H,31,35)(H,32,38)(H,33,40)(H,34,39);(H,6,7)/b7-4+;. The highest BCUT2D eigenvalue weighted by molar-refractivity contribution is 7.89. The van der Waals surface area contributed by atoms with Gasteiger partial charge in [-0.05, 0) is 63.3 Å². The number of carboxylic acids is 1. The van der Waals surface area contributed by atoms with Crippen LogP contribution in [-0.4, -0.2) is 103 Å². The van der Waals surface area contributed by atoms with E-state index in [1.165, 1.54) is 53.0 Å². The largest absolute Gasteiger partial charge is 0.490 e. The number of nitrogens with one attached hydrogen (secondary N) is 4. The Bertz CT molecular complexity index is 1810. The normalized spacial score (nSPS) is 14.2. The predicted molar refractivity (Wildman–Crippen MR) is 179 cm³/mol. The van der Waals surface area contributed by atoms with Crippen LogP contribution in [0.2, 0.25) is 10.0 Å². The summed E-state index contributed by atoms with van der Waals surface area (Å²) in [6.45, 7) is 1.01. The number of hydrogen-bond acceptors (Lipinski definition) is 8. The van der Waals surface area contributed by atoms with E-state index in [4.69, 9.17) is 33.1 Å². The number of nitrogens with zero attached hydrogens (tertiary/aromatic N) is 3. The monoisotopic (exact) mass is 761 g/mol. The first-order valence-electron chi connectivity index (χ1n) is 14.5. The smallest absolute Gasteiger partial charge is 0.475 e. The first kappa shape index (κ1) is 39.9. The van der Waals surface area contributed by atoms with Gasteiger partial charge in [-0.15, -0.1) is 0 Å². The summed E-state index contributed by atoms with van der Waals surface area (Å²) in [7, 11) is 0.00318. The van der Waals surface area contributed by atoms with E-state index in [2.05, 4.69) is 26.1 Å². The molecule has 0 unspecified atom stereocenters. The van der Waals surface area contributed by atoms with Crippen LogP contribution < -0.4 is 16.0 Å². The average molecular weight is 763 g/mol. The van der Waals surface area contributed by atoms with Crippen LogP contribution in [0.3, 0.4) is 0 Å². The summed E-state index contributed by atoms with van der Waals surface area (Å²) in [5.74, 6) is -4.17. The van der Waals surface area contributed by atoms with E-state index in [9.17, 15) is 36.0 Å². The third kappa shape index (κ3) is 11.3. The lowest BCUT2D eigenvalue weighted by Crippen LogP contribution is -2.46. The van der Waals surface area contributed by atoms with Gasteiger partial charge < -0.3 is 26.0 Å². The molecule has 2 heterocycles. The fraction of sp³-hybridized carbons (Fsp3) is 0.300. The van der Waals surface area contributed by atoms with Gasteiger partial charge in [0.1, 0.15) is 5.69 Å². The third-order valence-corrected chi connectivity index (χ3v) is 9.38. The average Bonchev–Trinajstić information content (AvgIpc) is 3.49. The molecule has 0 spiro atoms. The lowest BCUT2D eigenvalue weighted by molar-refractivity contribution is -0.192. The second kappa shape index (κ2) is 17.4. The minimum Gasteiger partial charge on any atom is -0.475 e. The van der Waals surface area contributed by atoms with Crippen molar-refractivity contribution in [2.24, 2.45) is 0 Å². The number of piperidine rings is 1. The number of anilines is 2. The van der Waals surface area contributed by atoms with Crippen molar-refractivity contribution in [1.29, 1.82) is 0 Å². The Kier molecular flexibility index (Phi) is 13.9. The summed E-state index contributed by atoms with van der Waals surface area (Å²) in [6, 6.07) is 10.3. The number of likely N-dealkylation sites (N-methyl/N-ethyl adjacent to an activating group) is 1. The second-order valence-corrected chi connectivity index (χ2v) is 13.6. The molecule has 0 bridgehead atoms. The number of aromatic amines is 1. The number of halogens is 5. The maximum Gasteiger partial charge on any atom is 0.490 e. The molecule has 4 rings (SSSR count). The van der Waals surface area contributed by atoms with Crippen LogP contribution in [0.25, 0.3) is 0 Å². The molecule has 5 N–H and O–H groups in total. The molecule has 14 nitrogen and oxygen atoms in total. The molecule has 1 aliphatic rings. The van der Waals surface area contributed by atoms with Gasteiger partial charge in [0.15, 0.2) is 0 Å². The fourth-order valence-electron chi connectivity index (χ4n) is 4.37. The van der Waals surface area contributed by atoms with E-state index in [1.54, 1.807) is 12.1 Å². The molecular weight excluding hydrogens is 730 g/mol. The van der Waals surface area contributed by atoms with Crippen molar-refractivity contribution in [3.63, 3.8) is 0 Å². The number of carbonyl (C=O) groups is 4. The SMILES string of the molecule is CN(C)C/C=C/C(=O)Nc1ccc(S(=O)(=O)N2CCC(NC(=O)c3[nH]ncc3NC(=O)c3c(Cl)cccc3Cl)CC2)cc1.O=C(O)C(F)(F)F. The predicted octanol–water partition coefficient (Wildman–Crippen LogP) is 4.24. The molecule has 0 atom stereocenters. The van der Waals surface area contributed by atoms with Crippen LogP contribution in [0.4, 0.5) is 24.5 Å². The summed E-state index contributed by atoms with van der Waals surface area (Å²) in [5.41, 5.74) is 0.720. The molecule has 20 heteroatoms. The summed E-state index contributed by atoms with van der Waals surface area (Å²) in [4.78, 5) is 48.7. The van der Waals surface area contributed by atoms with Gasteiger partial charge in [-0.25, -0.2) is 13.2 Å². The topological polar surface area (TPSA) is 194 Å². The number of aromatic nitrogens is 2. The van der Waals surface area contributed by atoms with Crippen molar-refractivity contribution in [2.45, 2.75) is 30.0 Å². The Hall–Kier alpha value is -4.49. The van der Waals surface area contributed by atoms with Gasteiger partial charge >= 0.3 is 12.1 Å². The molecule has 0 aliphatic carbocycles. The van der Waals surface area contributed by atoms with Crippen molar-refractivity contribution >= 4 is 68.3 Å². The van der Waals surface area contributed by atoms with Crippen molar-refractivity contribution in [3.8, 4) is 0 Å². The van der Waals surface area contributed by atoms with Crippen molar-refractivity contribution < 1.29 is 45.9 Å². The number of H-pyrrole nitrogens is 1. The number of hydrogen-bond donors (Lipinski definition) is 5. The molecule has 1 fully saturated rings. The maximum absolute atomic E-state index is 13.2. The van der Waals surface area contributed by atoms with Crippen LogP contribution in [0, 0.1) is 0 Å². The number of sulfonamides is 1. The van der Waals surface area contributed by atoms with Gasteiger partial charge in [0.25, 0.3) is 11.8 Å². The van der Waals surface area contributed by atoms with Gasteiger partial charge in [0.05, 0.1) is 32.4 Å². The first-order valence-corrected chi connectivity index (χ1v) is 16.7. The number of benzene rings is 2. The molecule has 270 valence electrons. The maximum atomic E-state index is 13.2. The number of carboxylic acid groups (broad SMARTS) is 1. The number of carbonyl (C=O) groups excluding carboxylic acids is 3. The lowest BCUT2D eigenvalue weighted by Gasteiger charge is -2.31. The molecular formula is C30H32Cl2F3N7O7S. The number of alkyl halides is 3. The molecule has 3 amide bonds. The zero-order chi connectivity index (χ0) is 37.2. The first-order chi connectivity index (χ1) is 23.4. The summed E-state index contributed by atoms with van der Waals surface area (Å²) < 4.78 is 59.5. The Morgan fingerprint density at radius 2 is 1.60 bits per heavy atom. The summed E-state index contributed by atoms with van der Waals surface area (Å²) in [6.07, 6.45) is 0.122. The Morgan fingerprint density at radius 1 is 1.02 bits per heavy atom. The minimum atomic E-state index is -5.08. The van der Waals surface area contributed by atoms with Crippen LogP contribution in [0.5, 0.6) is 0 Å². The quantitative estimate of drug-likeness (QED) is 0.188. The van der Waals surface area contributed by atoms with E-state index in [-0.39, 0.29) is 56.9 Å². The van der Waals surface area contributed by atoms with Crippen molar-refractivity contribution in [2.75, 3.05) is 44.4 Å². The highest BCUT2D eigenvalue weighted by atomic mass is 35.5. The Balaban J connectivity index is 0.000000872. The van der Waals surface area contributed by atoms with Crippen LogP contribution >= 0.6 is 23.2 Å². The van der Waals surface area contributed by atoms with Crippen molar-refractivity contribution in [1.82, 2.24) is 24.7 Å². The van der Waals surface area contributed by atoms with Crippen LogP contribution in [0.15, 0.2) is 65.7 Å². The zero-order valence-electron chi connectivity index (χ0n) is 26.4. The molecule has 50 heavy (non-hydrogen) atoms. The van der Waals surface area contributed by atoms with E-state index in [1.807, 2.05) is 19.0 Å². The van der Waals surface area contributed by atoms with Gasteiger partial charge in [-0.2, -0.15) is 22.6 Å². The second-order valence-electron chi connectivity index (χ2n) is 10.8. The van der Waals surface area contributed by atoms with E-state index in [0.29, 0.717) is 25.1 Å². The van der Waals surface area contributed by atoms with Crippen LogP contribution in [-0.2, 0) is 19.6 Å². The van der Waals surface area contributed by atoms with Gasteiger partial charge in [0.2, 0.25) is 15.9 Å². The molecule has 2 aromatic carbocycles. The lowest BCUT2D eigenvalue weighted by atomic mass is 10.1. The summed E-state index contributed by atoms with van der Waals surface area (Å²) in [5, 5.41) is 22.1. The number of amides is 3. The highest BCUT2D eigenvalue weighted by Gasteiger charge is 2.38. The molecule has 3 aromatic rings. The Morgan fingerprint density at radius 3 is 2.14 bits per heavy atom. The summed E-state index contributed by atoms with van der Waals surface area (Å²) >= 11 is 12.2. The van der Waals surface area contributed by atoms with Gasteiger partial charge in [-0.1, -0.05) is 35.3 Å². The van der Waals surface area contributed by atoms with E-state index >= 15 is 0 Å². The molecule has 0 saturated carbocycles.